The molecule has 9 heteroatoms. The van der Waals surface area contributed by atoms with Crippen LogP contribution in [0.4, 0.5) is 10.1 Å². The van der Waals surface area contributed by atoms with Gasteiger partial charge in [0.25, 0.3) is 5.91 Å². The molecule has 0 aliphatic carbocycles. The number of benzene rings is 3. The van der Waals surface area contributed by atoms with Crippen LogP contribution in [0.15, 0.2) is 90.1 Å². The first-order valence-corrected chi connectivity index (χ1v) is 12.0. The minimum Gasteiger partial charge on any atom is -0.452 e. The third kappa shape index (κ3) is 6.13. The third-order valence-corrected chi connectivity index (χ3v) is 5.95. The summed E-state index contributed by atoms with van der Waals surface area (Å²) in [6, 6.07) is 24.6. The monoisotopic (exact) mass is 490 g/mol. The van der Waals surface area contributed by atoms with Gasteiger partial charge < -0.3 is 10.1 Å². The molecule has 3 aromatic carbocycles. The number of halogens is 1. The molecule has 35 heavy (non-hydrogen) atoms. The lowest BCUT2D eigenvalue weighted by atomic mass is 10.2. The normalized spacial score (nSPS) is 11.6. The van der Waals surface area contributed by atoms with Crippen LogP contribution in [0.2, 0.25) is 0 Å². The Bertz CT molecular complexity index is 1280. The van der Waals surface area contributed by atoms with Gasteiger partial charge in [0, 0.05) is 16.9 Å². The molecule has 1 N–H and O–H groups in total. The largest absolute Gasteiger partial charge is 0.452 e. The zero-order valence-electron chi connectivity index (χ0n) is 18.9. The van der Waals surface area contributed by atoms with Crippen LogP contribution in [0.25, 0.3) is 17.1 Å². The summed E-state index contributed by atoms with van der Waals surface area (Å²) < 4.78 is 20.4. The van der Waals surface area contributed by atoms with Crippen LogP contribution < -0.4 is 5.32 Å². The standard InChI is InChI=1S/C26H23FN4O3S/c1-2-22(25(33)28-20-15-13-19(27)14-16-20)34-23(32)17-35-26-30-29-24(18-9-5-3-6-10-18)31(26)21-11-7-4-8-12-21/h3-16,22H,2,17H2,1H3,(H,28,33). The second-order valence-electron chi connectivity index (χ2n) is 7.51. The molecule has 0 saturated heterocycles. The highest BCUT2D eigenvalue weighted by molar-refractivity contribution is 7.99. The van der Waals surface area contributed by atoms with Gasteiger partial charge in [-0.1, -0.05) is 67.2 Å². The fourth-order valence-corrected chi connectivity index (χ4v) is 4.08. The molecule has 0 aliphatic heterocycles. The second kappa shape index (κ2) is 11.4. The van der Waals surface area contributed by atoms with E-state index in [-0.39, 0.29) is 5.75 Å². The van der Waals surface area contributed by atoms with Crippen LogP contribution in [0, 0.1) is 5.82 Å². The number of aromatic nitrogens is 3. The molecule has 4 aromatic rings. The molecule has 1 aromatic heterocycles. The first kappa shape index (κ1) is 24.2. The summed E-state index contributed by atoms with van der Waals surface area (Å²) in [6.07, 6.45) is -0.679. The lowest BCUT2D eigenvalue weighted by Crippen LogP contribution is -2.32. The highest BCUT2D eigenvalue weighted by atomic mass is 32.2. The lowest BCUT2D eigenvalue weighted by Gasteiger charge is -2.16. The van der Waals surface area contributed by atoms with E-state index in [0.717, 1.165) is 11.3 Å². The molecule has 0 radical (unpaired) electrons. The van der Waals surface area contributed by atoms with Crippen molar-refractivity contribution in [2.45, 2.75) is 24.6 Å². The second-order valence-corrected chi connectivity index (χ2v) is 8.46. The van der Waals surface area contributed by atoms with Gasteiger partial charge in [-0.15, -0.1) is 10.2 Å². The number of hydrogen-bond donors (Lipinski definition) is 1. The first-order chi connectivity index (χ1) is 17.0. The predicted octanol–water partition coefficient (Wildman–Crippen LogP) is 5.13. The molecule has 7 nitrogen and oxygen atoms in total. The van der Waals surface area contributed by atoms with Crippen molar-refractivity contribution >= 4 is 29.3 Å². The van der Waals surface area contributed by atoms with Crippen LogP contribution >= 0.6 is 11.8 Å². The molecule has 4 rings (SSSR count). The number of amides is 1. The van der Waals surface area contributed by atoms with Gasteiger partial charge in [-0.05, 0) is 42.8 Å². The summed E-state index contributed by atoms with van der Waals surface area (Å²) in [4.78, 5) is 25.1. The summed E-state index contributed by atoms with van der Waals surface area (Å²) >= 11 is 1.18. The van der Waals surface area contributed by atoms with Crippen molar-refractivity contribution in [3.05, 3.63) is 90.7 Å². The maximum absolute atomic E-state index is 13.1. The first-order valence-electron chi connectivity index (χ1n) is 11.0. The quantitative estimate of drug-likeness (QED) is 0.259. The Hall–Kier alpha value is -3.98. The fourth-order valence-electron chi connectivity index (χ4n) is 3.34. The smallest absolute Gasteiger partial charge is 0.317 e. The summed E-state index contributed by atoms with van der Waals surface area (Å²) in [5.41, 5.74) is 2.17. The van der Waals surface area contributed by atoms with Crippen LogP contribution in [0.1, 0.15) is 13.3 Å². The van der Waals surface area contributed by atoms with Crippen LogP contribution in [-0.2, 0) is 14.3 Å². The highest BCUT2D eigenvalue weighted by Gasteiger charge is 2.23. The summed E-state index contributed by atoms with van der Waals surface area (Å²) in [5, 5.41) is 11.8. The molecule has 0 fully saturated rings. The minimum absolute atomic E-state index is 0.0555. The van der Waals surface area contributed by atoms with E-state index in [1.54, 1.807) is 6.92 Å². The Labute approximate surface area is 206 Å². The lowest BCUT2D eigenvalue weighted by molar-refractivity contribution is -0.151. The Morgan fingerprint density at radius 1 is 0.971 bits per heavy atom. The molecule has 1 amide bonds. The maximum atomic E-state index is 13.1. The van der Waals surface area contributed by atoms with Crippen molar-refractivity contribution in [3.8, 4) is 17.1 Å². The zero-order valence-corrected chi connectivity index (χ0v) is 19.7. The number of esters is 1. The molecule has 0 aliphatic rings. The van der Waals surface area contributed by atoms with E-state index >= 15 is 0 Å². The summed E-state index contributed by atoms with van der Waals surface area (Å²) in [5.74, 6) is -0.841. The minimum atomic E-state index is -0.972. The van der Waals surface area contributed by atoms with Gasteiger partial charge in [-0.2, -0.15) is 0 Å². The zero-order chi connectivity index (χ0) is 24.6. The van der Waals surface area contributed by atoms with Crippen molar-refractivity contribution in [2.75, 3.05) is 11.1 Å². The van der Waals surface area contributed by atoms with Crippen molar-refractivity contribution in [1.29, 1.82) is 0 Å². The fraction of sp³-hybridized carbons (Fsp3) is 0.154. The number of nitrogens with one attached hydrogen (secondary N) is 1. The van der Waals surface area contributed by atoms with Crippen molar-refractivity contribution < 1.29 is 18.7 Å². The number of para-hydroxylation sites is 1. The summed E-state index contributed by atoms with van der Waals surface area (Å²) in [6.45, 7) is 1.74. The molecule has 1 atom stereocenters. The molecule has 178 valence electrons. The van der Waals surface area contributed by atoms with Crippen LogP contribution in [-0.4, -0.2) is 38.5 Å². The van der Waals surface area contributed by atoms with Crippen LogP contribution in [0.3, 0.4) is 0 Å². The SMILES string of the molecule is CCC(OC(=O)CSc1nnc(-c2ccccc2)n1-c1ccccc1)C(=O)Nc1ccc(F)cc1. The van der Waals surface area contributed by atoms with Crippen LogP contribution in [0.5, 0.6) is 0 Å². The average molecular weight is 491 g/mol. The van der Waals surface area contributed by atoms with Crippen molar-refractivity contribution in [1.82, 2.24) is 14.8 Å². The number of rotatable bonds is 9. The molecule has 0 spiro atoms. The number of carbonyl (C=O) groups excluding carboxylic acids is 2. The molecule has 1 unspecified atom stereocenters. The van der Waals surface area contributed by atoms with Gasteiger partial charge >= 0.3 is 5.97 Å². The number of anilines is 1. The molecule has 1 heterocycles. The average Bonchev–Trinajstić information content (AvgIpc) is 3.32. The molecular weight excluding hydrogens is 467 g/mol. The van der Waals surface area contributed by atoms with Gasteiger partial charge in [0.1, 0.15) is 5.82 Å². The Balaban J connectivity index is 1.45. The number of nitrogens with zero attached hydrogens (tertiary/aromatic N) is 3. The van der Waals surface area contributed by atoms with Gasteiger partial charge in [-0.3, -0.25) is 14.2 Å². The van der Waals surface area contributed by atoms with E-state index in [0.29, 0.717) is 23.1 Å². The van der Waals surface area contributed by atoms with E-state index in [1.165, 1.54) is 36.0 Å². The van der Waals surface area contributed by atoms with Crippen molar-refractivity contribution in [3.63, 3.8) is 0 Å². The van der Waals surface area contributed by atoms with Gasteiger partial charge in [0.05, 0.1) is 5.75 Å². The Morgan fingerprint density at radius 3 is 2.29 bits per heavy atom. The van der Waals surface area contributed by atoms with E-state index in [2.05, 4.69) is 15.5 Å². The number of thioether (sulfide) groups is 1. The predicted molar refractivity (Wildman–Crippen MR) is 133 cm³/mol. The number of carbonyl (C=O) groups is 2. The van der Waals surface area contributed by atoms with Crippen molar-refractivity contribution in [2.24, 2.45) is 0 Å². The summed E-state index contributed by atoms with van der Waals surface area (Å²) in [7, 11) is 0. The molecule has 0 bridgehead atoms. The molecule has 0 saturated carbocycles. The third-order valence-electron chi connectivity index (χ3n) is 5.05. The highest BCUT2D eigenvalue weighted by Crippen LogP contribution is 2.28. The Kier molecular flexibility index (Phi) is 7.89. The maximum Gasteiger partial charge on any atom is 0.317 e. The molecular formula is C26H23FN4O3S. The van der Waals surface area contributed by atoms with E-state index in [9.17, 15) is 14.0 Å². The van der Waals surface area contributed by atoms with Gasteiger partial charge in [-0.25, -0.2) is 4.39 Å². The van der Waals surface area contributed by atoms with E-state index in [1.807, 2.05) is 65.2 Å². The Morgan fingerprint density at radius 2 is 1.63 bits per heavy atom. The van der Waals surface area contributed by atoms with Gasteiger partial charge in [0.15, 0.2) is 17.1 Å². The number of hydrogen-bond acceptors (Lipinski definition) is 6. The topological polar surface area (TPSA) is 86.1 Å². The number of ether oxygens (including phenoxy) is 1. The van der Waals surface area contributed by atoms with Gasteiger partial charge in [0.2, 0.25) is 0 Å². The van der Waals surface area contributed by atoms with E-state index < -0.39 is 23.8 Å². The van der Waals surface area contributed by atoms with E-state index in [4.69, 9.17) is 4.74 Å².